The van der Waals surface area contributed by atoms with Crippen LogP contribution in [0.15, 0.2) is 35.3 Å². The molecule has 1 aromatic carbocycles. The molecule has 3 unspecified atom stereocenters. The normalized spacial score (nSPS) is 25.5. The van der Waals surface area contributed by atoms with Crippen molar-refractivity contribution < 1.29 is 9.84 Å². The molecule has 0 aromatic heterocycles. The molecule has 2 N–H and O–H groups in total. The Morgan fingerprint density at radius 3 is 2.78 bits per heavy atom. The summed E-state index contributed by atoms with van der Waals surface area (Å²) in [6.45, 7) is 7.22. The van der Waals surface area contributed by atoms with Crippen molar-refractivity contribution in [1.82, 2.24) is 10.2 Å². The number of benzene rings is 1. The van der Waals surface area contributed by atoms with Gasteiger partial charge in [0.1, 0.15) is 0 Å². The fourth-order valence-corrected chi connectivity index (χ4v) is 3.94. The van der Waals surface area contributed by atoms with E-state index in [0.717, 1.165) is 64.4 Å². The standard InChI is InChI=1S/C21H33N3O2.HI/c1-2-22-21(23-13-19-9-6-10-20(19)25)24-12-11-18(14-24)16-26-15-17-7-4-3-5-8-17;/h3-5,7-8,18-20,25H,2,6,9-16H2,1H3,(H,22,23);1H. The molecule has 1 aromatic rings. The first-order chi connectivity index (χ1) is 12.8. The highest BCUT2D eigenvalue weighted by molar-refractivity contribution is 14.0. The Labute approximate surface area is 180 Å². The average molecular weight is 487 g/mol. The van der Waals surface area contributed by atoms with Crippen LogP contribution in [-0.2, 0) is 11.3 Å². The van der Waals surface area contributed by atoms with Gasteiger partial charge in [0.25, 0.3) is 0 Å². The van der Waals surface area contributed by atoms with Gasteiger partial charge in [-0.05, 0) is 31.7 Å². The molecule has 3 atom stereocenters. The van der Waals surface area contributed by atoms with Crippen LogP contribution in [0.4, 0.5) is 0 Å². The summed E-state index contributed by atoms with van der Waals surface area (Å²) >= 11 is 0. The first kappa shape index (κ1) is 22.4. The fourth-order valence-electron chi connectivity index (χ4n) is 3.94. The van der Waals surface area contributed by atoms with E-state index in [1.165, 1.54) is 5.56 Å². The minimum atomic E-state index is -0.167. The van der Waals surface area contributed by atoms with E-state index in [-0.39, 0.29) is 30.1 Å². The Morgan fingerprint density at radius 2 is 2.07 bits per heavy atom. The van der Waals surface area contributed by atoms with E-state index < -0.39 is 0 Å². The molecule has 1 heterocycles. The highest BCUT2D eigenvalue weighted by Crippen LogP contribution is 2.26. The molecule has 0 spiro atoms. The zero-order valence-corrected chi connectivity index (χ0v) is 18.7. The zero-order chi connectivity index (χ0) is 18.2. The van der Waals surface area contributed by atoms with E-state index in [2.05, 4.69) is 41.4 Å². The van der Waals surface area contributed by atoms with E-state index in [1.807, 2.05) is 6.07 Å². The molecule has 1 aliphatic heterocycles. The molecular formula is C21H34IN3O2. The van der Waals surface area contributed by atoms with Crippen molar-refractivity contribution in [2.75, 3.05) is 32.8 Å². The lowest BCUT2D eigenvalue weighted by Crippen LogP contribution is -2.40. The van der Waals surface area contributed by atoms with E-state index in [0.29, 0.717) is 18.4 Å². The van der Waals surface area contributed by atoms with Crippen molar-refractivity contribution in [1.29, 1.82) is 0 Å². The summed E-state index contributed by atoms with van der Waals surface area (Å²) in [5.41, 5.74) is 1.23. The summed E-state index contributed by atoms with van der Waals surface area (Å²) in [4.78, 5) is 7.17. The predicted molar refractivity (Wildman–Crippen MR) is 121 cm³/mol. The van der Waals surface area contributed by atoms with Crippen molar-refractivity contribution >= 4 is 29.9 Å². The molecular weight excluding hydrogens is 453 g/mol. The number of nitrogens with one attached hydrogen (secondary N) is 1. The van der Waals surface area contributed by atoms with Crippen LogP contribution in [0.1, 0.15) is 38.2 Å². The van der Waals surface area contributed by atoms with Gasteiger partial charge < -0.3 is 20.1 Å². The summed E-state index contributed by atoms with van der Waals surface area (Å²) < 4.78 is 5.93. The van der Waals surface area contributed by atoms with Crippen LogP contribution in [0.2, 0.25) is 0 Å². The van der Waals surface area contributed by atoms with Gasteiger partial charge in [0.2, 0.25) is 0 Å². The van der Waals surface area contributed by atoms with E-state index in [4.69, 9.17) is 9.73 Å². The van der Waals surface area contributed by atoms with Crippen molar-refractivity contribution in [3.05, 3.63) is 35.9 Å². The minimum absolute atomic E-state index is 0. The van der Waals surface area contributed by atoms with Crippen molar-refractivity contribution in [2.24, 2.45) is 16.8 Å². The summed E-state index contributed by atoms with van der Waals surface area (Å²) in [6, 6.07) is 10.3. The maximum atomic E-state index is 10.0. The van der Waals surface area contributed by atoms with Crippen LogP contribution in [-0.4, -0.2) is 54.9 Å². The number of guanidine groups is 1. The van der Waals surface area contributed by atoms with Gasteiger partial charge in [-0.25, -0.2) is 0 Å². The lowest BCUT2D eigenvalue weighted by molar-refractivity contribution is 0.0906. The maximum Gasteiger partial charge on any atom is 0.193 e. The number of halogens is 1. The van der Waals surface area contributed by atoms with Gasteiger partial charge in [0, 0.05) is 38.0 Å². The largest absolute Gasteiger partial charge is 0.393 e. The van der Waals surface area contributed by atoms with E-state index in [9.17, 15) is 5.11 Å². The Morgan fingerprint density at radius 1 is 1.26 bits per heavy atom. The monoisotopic (exact) mass is 487 g/mol. The third kappa shape index (κ3) is 6.91. The summed E-state index contributed by atoms with van der Waals surface area (Å²) in [6.07, 6.45) is 4.13. The number of hydrogen-bond donors (Lipinski definition) is 2. The second-order valence-corrected chi connectivity index (χ2v) is 7.55. The molecule has 5 nitrogen and oxygen atoms in total. The second-order valence-electron chi connectivity index (χ2n) is 7.55. The van der Waals surface area contributed by atoms with E-state index >= 15 is 0 Å². The first-order valence-electron chi connectivity index (χ1n) is 10.1. The highest BCUT2D eigenvalue weighted by Gasteiger charge is 2.27. The minimum Gasteiger partial charge on any atom is -0.393 e. The molecule has 0 amide bonds. The summed E-state index contributed by atoms with van der Waals surface area (Å²) in [5, 5.41) is 13.4. The van der Waals surface area contributed by atoms with Gasteiger partial charge >= 0.3 is 0 Å². The van der Waals surface area contributed by atoms with Crippen LogP contribution in [0, 0.1) is 11.8 Å². The number of aliphatic hydroxyl groups excluding tert-OH is 1. The van der Waals surface area contributed by atoms with Crippen molar-refractivity contribution in [3.8, 4) is 0 Å². The molecule has 152 valence electrons. The highest BCUT2D eigenvalue weighted by atomic mass is 127. The third-order valence-electron chi connectivity index (χ3n) is 5.48. The molecule has 2 fully saturated rings. The first-order valence-corrected chi connectivity index (χ1v) is 10.1. The Kier molecular flexibility index (Phi) is 9.86. The Hall–Kier alpha value is -0.860. The van der Waals surface area contributed by atoms with Crippen molar-refractivity contribution in [3.63, 3.8) is 0 Å². The van der Waals surface area contributed by atoms with Crippen LogP contribution in [0.25, 0.3) is 0 Å². The van der Waals surface area contributed by atoms with Crippen LogP contribution >= 0.6 is 24.0 Å². The molecule has 1 saturated carbocycles. The molecule has 2 aliphatic rings. The topological polar surface area (TPSA) is 57.1 Å². The fraction of sp³-hybridized carbons (Fsp3) is 0.667. The molecule has 6 heteroatoms. The number of nitrogens with zero attached hydrogens (tertiary/aromatic N) is 2. The van der Waals surface area contributed by atoms with Crippen LogP contribution < -0.4 is 5.32 Å². The van der Waals surface area contributed by atoms with Gasteiger partial charge in [0.15, 0.2) is 5.96 Å². The quantitative estimate of drug-likeness (QED) is 0.352. The molecule has 0 bridgehead atoms. The molecule has 3 rings (SSSR count). The number of likely N-dealkylation sites (tertiary alicyclic amines) is 1. The third-order valence-corrected chi connectivity index (χ3v) is 5.48. The zero-order valence-electron chi connectivity index (χ0n) is 16.3. The number of ether oxygens (including phenoxy) is 1. The summed E-state index contributed by atoms with van der Waals surface area (Å²) in [7, 11) is 0. The Balaban J connectivity index is 0.00000261. The number of rotatable bonds is 7. The Bertz CT molecular complexity index is 570. The number of hydrogen-bond acceptors (Lipinski definition) is 3. The lowest BCUT2D eigenvalue weighted by Gasteiger charge is -2.22. The van der Waals surface area contributed by atoms with Gasteiger partial charge in [-0.2, -0.15) is 0 Å². The summed E-state index contributed by atoms with van der Waals surface area (Å²) in [5.74, 6) is 1.88. The molecule has 1 saturated heterocycles. The SMILES string of the molecule is CCNC(=NCC1CCCC1O)N1CCC(COCc2ccccc2)C1.I. The predicted octanol–water partition coefficient (Wildman–Crippen LogP) is 3.27. The number of aliphatic imine (C=N–C) groups is 1. The molecule has 0 radical (unpaired) electrons. The van der Waals surface area contributed by atoms with Gasteiger partial charge in [-0.1, -0.05) is 36.8 Å². The smallest absolute Gasteiger partial charge is 0.193 e. The lowest BCUT2D eigenvalue weighted by atomic mass is 10.1. The molecule has 1 aliphatic carbocycles. The average Bonchev–Trinajstić information content (AvgIpc) is 3.29. The number of aliphatic hydroxyl groups is 1. The van der Waals surface area contributed by atoms with Crippen LogP contribution in [0.5, 0.6) is 0 Å². The van der Waals surface area contributed by atoms with E-state index in [1.54, 1.807) is 0 Å². The van der Waals surface area contributed by atoms with Crippen molar-refractivity contribution in [2.45, 2.75) is 45.3 Å². The van der Waals surface area contributed by atoms with Gasteiger partial charge in [0.05, 0.1) is 19.3 Å². The van der Waals surface area contributed by atoms with Gasteiger partial charge in [-0.15, -0.1) is 24.0 Å². The molecule has 27 heavy (non-hydrogen) atoms. The maximum absolute atomic E-state index is 10.0. The second kappa shape index (κ2) is 11.9. The van der Waals surface area contributed by atoms with Crippen LogP contribution in [0.3, 0.4) is 0 Å². The van der Waals surface area contributed by atoms with Gasteiger partial charge in [-0.3, -0.25) is 4.99 Å².